The average molecular weight is 294 g/mol. The fourth-order valence-corrected chi connectivity index (χ4v) is 2.80. The maximum absolute atomic E-state index is 4.53. The second-order valence-corrected chi connectivity index (χ2v) is 6.57. The molecule has 0 bridgehead atoms. The number of rotatable bonds is 11. The van der Waals surface area contributed by atoms with Crippen LogP contribution in [0.1, 0.15) is 72.5 Å². The molecule has 0 aliphatic heterocycles. The average Bonchev–Trinajstić information content (AvgIpc) is 2.89. The van der Waals surface area contributed by atoms with E-state index in [1.165, 1.54) is 25.7 Å². The SMILES string of the molecule is CCCCC(CC)(CNC(C)C)Cc1ncnn1CCC. The van der Waals surface area contributed by atoms with Gasteiger partial charge in [-0.15, -0.1) is 0 Å². The third-order valence-corrected chi connectivity index (χ3v) is 4.36. The molecule has 1 unspecified atom stereocenters. The quantitative estimate of drug-likeness (QED) is 0.675. The molecule has 1 aromatic heterocycles. The minimum atomic E-state index is 0.304. The van der Waals surface area contributed by atoms with Crippen LogP contribution in [0.4, 0.5) is 0 Å². The number of aryl methyl sites for hydroxylation is 1. The smallest absolute Gasteiger partial charge is 0.138 e. The summed E-state index contributed by atoms with van der Waals surface area (Å²) < 4.78 is 2.09. The summed E-state index contributed by atoms with van der Waals surface area (Å²) in [6.45, 7) is 13.3. The predicted octanol–water partition coefficient (Wildman–Crippen LogP) is 3.82. The summed E-state index contributed by atoms with van der Waals surface area (Å²) in [5.41, 5.74) is 0.304. The van der Waals surface area contributed by atoms with Crippen LogP contribution < -0.4 is 5.32 Å². The molecular formula is C17H34N4. The number of hydrogen-bond donors (Lipinski definition) is 1. The van der Waals surface area contributed by atoms with Crippen LogP contribution in [0.5, 0.6) is 0 Å². The van der Waals surface area contributed by atoms with Gasteiger partial charge in [-0.05, 0) is 24.7 Å². The monoisotopic (exact) mass is 294 g/mol. The van der Waals surface area contributed by atoms with Crippen molar-refractivity contribution in [3.8, 4) is 0 Å². The Morgan fingerprint density at radius 2 is 2.00 bits per heavy atom. The highest BCUT2D eigenvalue weighted by molar-refractivity contribution is 4.95. The van der Waals surface area contributed by atoms with Gasteiger partial charge in [-0.3, -0.25) is 4.68 Å². The fraction of sp³-hybridized carbons (Fsp3) is 0.882. The normalized spacial score (nSPS) is 14.6. The van der Waals surface area contributed by atoms with Crippen molar-refractivity contribution in [2.24, 2.45) is 5.41 Å². The number of nitrogens with one attached hydrogen (secondary N) is 1. The van der Waals surface area contributed by atoms with E-state index in [1.807, 2.05) is 0 Å². The van der Waals surface area contributed by atoms with Crippen molar-refractivity contribution in [2.45, 2.75) is 85.7 Å². The Morgan fingerprint density at radius 3 is 2.57 bits per heavy atom. The van der Waals surface area contributed by atoms with Gasteiger partial charge in [0.2, 0.25) is 0 Å². The zero-order chi connectivity index (χ0) is 15.7. The van der Waals surface area contributed by atoms with Gasteiger partial charge in [0.15, 0.2) is 0 Å². The number of aromatic nitrogens is 3. The van der Waals surface area contributed by atoms with Crippen molar-refractivity contribution in [1.29, 1.82) is 0 Å². The van der Waals surface area contributed by atoms with Gasteiger partial charge in [-0.1, -0.05) is 47.5 Å². The molecule has 0 spiro atoms. The predicted molar refractivity (Wildman–Crippen MR) is 89.4 cm³/mol. The number of hydrogen-bond acceptors (Lipinski definition) is 3. The molecule has 0 aromatic carbocycles. The molecule has 0 radical (unpaired) electrons. The first-order valence-corrected chi connectivity index (χ1v) is 8.67. The first-order valence-electron chi connectivity index (χ1n) is 8.67. The second-order valence-electron chi connectivity index (χ2n) is 6.57. The van der Waals surface area contributed by atoms with Gasteiger partial charge in [0.25, 0.3) is 0 Å². The molecule has 1 aromatic rings. The van der Waals surface area contributed by atoms with Gasteiger partial charge < -0.3 is 5.32 Å². The highest BCUT2D eigenvalue weighted by Gasteiger charge is 2.30. The molecule has 1 N–H and O–H groups in total. The minimum absolute atomic E-state index is 0.304. The van der Waals surface area contributed by atoms with E-state index in [0.29, 0.717) is 11.5 Å². The van der Waals surface area contributed by atoms with E-state index < -0.39 is 0 Å². The number of unbranched alkanes of at least 4 members (excludes halogenated alkanes) is 1. The van der Waals surface area contributed by atoms with Gasteiger partial charge in [0, 0.05) is 25.6 Å². The molecule has 0 fully saturated rings. The summed E-state index contributed by atoms with van der Waals surface area (Å²) >= 11 is 0. The Kier molecular flexibility index (Phi) is 7.94. The molecule has 0 saturated heterocycles. The van der Waals surface area contributed by atoms with Crippen molar-refractivity contribution in [2.75, 3.05) is 6.54 Å². The van der Waals surface area contributed by atoms with Crippen LogP contribution in [0.2, 0.25) is 0 Å². The number of nitrogens with zero attached hydrogens (tertiary/aromatic N) is 3. The third-order valence-electron chi connectivity index (χ3n) is 4.36. The van der Waals surface area contributed by atoms with Gasteiger partial charge >= 0.3 is 0 Å². The summed E-state index contributed by atoms with van der Waals surface area (Å²) in [4.78, 5) is 4.53. The van der Waals surface area contributed by atoms with E-state index in [-0.39, 0.29) is 0 Å². The van der Waals surface area contributed by atoms with E-state index in [1.54, 1.807) is 6.33 Å². The molecule has 0 aliphatic rings. The lowest BCUT2D eigenvalue weighted by Crippen LogP contribution is -2.39. The first kappa shape index (κ1) is 18.1. The minimum Gasteiger partial charge on any atom is -0.314 e. The van der Waals surface area contributed by atoms with Gasteiger partial charge in [-0.2, -0.15) is 5.10 Å². The zero-order valence-corrected chi connectivity index (χ0v) is 14.7. The Balaban J connectivity index is 2.85. The van der Waals surface area contributed by atoms with E-state index in [9.17, 15) is 0 Å². The molecule has 4 heteroatoms. The van der Waals surface area contributed by atoms with E-state index in [0.717, 1.165) is 31.8 Å². The van der Waals surface area contributed by atoms with Crippen LogP contribution in [0.15, 0.2) is 6.33 Å². The van der Waals surface area contributed by atoms with Crippen LogP contribution in [0.3, 0.4) is 0 Å². The van der Waals surface area contributed by atoms with E-state index >= 15 is 0 Å². The third kappa shape index (κ3) is 5.77. The first-order chi connectivity index (χ1) is 10.1. The van der Waals surface area contributed by atoms with Crippen LogP contribution in [-0.2, 0) is 13.0 Å². The molecular weight excluding hydrogens is 260 g/mol. The Hall–Kier alpha value is -0.900. The Bertz CT molecular complexity index is 386. The molecule has 1 heterocycles. The fourth-order valence-electron chi connectivity index (χ4n) is 2.80. The molecule has 1 atom stereocenters. The molecule has 4 nitrogen and oxygen atoms in total. The summed E-state index contributed by atoms with van der Waals surface area (Å²) in [5, 5.41) is 8.04. The largest absolute Gasteiger partial charge is 0.314 e. The lowest BCUT2D eigenvalue weighted by Gasteiger charge is -2.34. The lowest BCUT2D eigenvalue weighted by atomic mass is 9.76. The van der Waals surface area contributed by atoms with Crippen LogP contribution in [0, 0.1) is 5.41 Å². The van der Waals surface area contributed by atoms with E-state index in [2.05, 4.69) is 54.7 Å². The Labute approximate surface area is 130 Å². The van der Waals surface area contributed by atoms with Gasteiger partial charge in [-0.25, -0.2) is 4.98 Å². The maximum atomic E-state index is 4.53. The van der Waals surface area contributed by atoms with Gasteiger partial charge in [0.05, 0.1) is 0 Å². The van der Waals surface area contributed by atoms with Crippen molar-refractivity contribution in [1.82, 2.24) is 20.1 Å². The summed E-state index contributed by atoms with van der Waals surface area (Å²) in [5.74, 6) is 1.15. The Morgan fingerprint density at radius 1 is 1.24 bits per heavy atom. The van der Waals surface area contributed by atoms with Crippen LogP contribution >= 0.6 is 0 Å². The van der Waals surface area contributed by atoms with Crippen molar-refractivity contribution in [3.05, 3.63) is 12.2 Å². The topological polar surface area (TPSA) is 42.7 Å². The molecule has 0 saturated carbocycles. The maximum Gasteiger partial charge on any atom is 0.138 e. The molecule has 1 rings (SSSR count). The summed E-state index contributed by atoms with van der Waals surface area (Å²) in [7, 11) is 0. The van der Waals surface area contributed by atoms with Crippen LogP contribution in [0.25, 0.3) is 0 Å². The van der Waals surface area contributed by atoms with Crippen LogP contribution in [-0.4, -0.2) is 27.4 Å². The second kappa shape index (κ2) is 9.19. The summed E-state index contributed by atoms with van der Waals surface area (Å²) in [6.07, 6.45) is 8.84. The van der Waals surface area contributed by atoms with E-state index in [4.69, 9.17) is 0 Å². The highest BCUT2D eigenvalue weighted by atomic mass is 15.3. The molecule has 0 amide bonds. The lowest BCUT2D eigenvalue weighted by molar-refractivity contribution is 0.215. The summed E-state index contributed by atoms with van der Waals surface area (Å²) in [6, 6.07) is 0.533. The molecule has 21 heavy (non-hydrogen) atoms. The van der Waals surface area contributed by atoms with Crippen molar-refractivity contribution >= 4 is 0 Å². The molecule has 122 valence electrons. The van der Waals surface area contributed by atoms with Crippen molar-refractivity contribution < 1.29 is 0 Å². The molecule has 0 aliphatic carbocycles. The van der Waals surface area contributed by atoms with Crippen molar-refractivity contribution in [3.63, 3.8) is 0 Å². The highest BCUT2D eigenvalue weighted by Crippen LogP contribution is 2.32. The zero-order valence-electron chi connectivity index (χ0n) is 14.7. The van der Waals surface area contributed by atoms with Gasteiger partial charge in [0.1, 0.15) is 12.2 Å². The standard InChI is InChI=1S/C17H34N4/c1-6-9-10-17(8-3,13-18-15(4)5)12-16-19-14-20-21(16)11-7-2/h14-15,18H,6-13H2,1-5H3.